The van der Waals surface area contributed by atoms with Crippen molar-refractivity contribution in [3.05, 3.63) is 78.5 Å². The van der Waals surface area contributed by atoms with Gasteiger partial charge < -0.3 is 0 Å². The molecule has 0 saturated carbocycles. The smallest absolute Gasteiger partial charge is 0.243 e. The Morgan fingerprint density at radius 2 is 1.70 bits per heavy atom. The minimum atomic E-state index is 0. The summed E-state index contributed by atoms with van der Waals surface area (Å²) < 4.78 is 2.16. The van der Waals surface area contributed by atoms with Crippen molar-refractivity contribution in [3.8, 4) is 11.3 Å². The van der Waals surface area contributed by atoms with Crippen LogP contribution < -0.4 is 4.57 Å². The SMILES string of the molecule is Cc1c(-c2c3[c-]cccc3cc[n+]2C)[c-]cc2ccccc12.[W+2]. The zero-order chi connectivity index (χ0) is 15.1. The van der Waals surface area contributed by atoms with Crippen molar-refractivity contribution < 1.29 is 25.6 Å². The van der Waals surface area contributed by atoms with Crippen LogP contribution in [0.2, 0.25) is 0 Å². The van der Waals surface area contributed by atoms with Gasteiger partial charge in [-0.05, 0) is 6.07 Å². The van der Waals surface area contributed by atoms with E-state index in [9.17, 15) is 0 Å². The van der Waals surface area contributed by atoms with Crippen LogP contribution in [0.5, 0.6) is 0 Å². The molecule has 0 aliphatic rings. The number of pyridine rings is 1. The van der Waals surface area contributed by atoms with Gasteiger partial charge in [-0.3, -0.25) is 0 Å². The molecule has 110 valence electrons. The van der Waals surface area contributed by atoms with Gasteiger partial charge >= 0.3 is 21.1 Å². The Kier molecular flexibility index (Phi) is 4.32. The predicted molar refractivity (Wildman–Crippen MR) is 90.5 cm³/mol. The fourth-order valence-electron chi connectivity index (χ4n) is 3.14. The predicted octanol–water partition coefficient (Wildman–Crippen LogP) is 4.39. The van der Waals surface area contributed by atoms with Gasteiger partial charge in [-0.2, -0.15) is 0 Å². The van der Waals surface area contributed by atoms with Gasteiger partial charge in [0.05, 0.1) is 0 Å². The van der Waals surface area contributed by atoms with Gasteiger partial charge in [0.15, 0.2) is 6.20 Å². The molecule has 0 N–H and O–H groups in total. The number of aryl methyl sites for hydroxylation is 2. The molecule has 0 fully saturated rings. The maximum atomic E-state index is 3.49. The minimum absolute atomic E-state index is 0. The number of aromatic nitrogens is 1. The zero-order valence-electron chi connectivity index (χ0n) is 13.1. The Bertz CT molecular complexity index is 1000. The second-order valence-electron chi connectivity index (χ2n) is 5.65. The number of fused-ring (bicyclic) bond motifs is 2. The van der Waals surface area contributed by atoms with E-state index in [-0.39, 0.29) is 21.1 Å². The van der Waals surface area contributed by atoms with E-state index in [0.29, 0.717) is 0 Å². The van der Waals surface area contributed by atoms with Crippen molar-refractivity contribution >= 4 is 21.5 Å². The van der Waals surface area contributed by atoms with Crippen LogP contribution in [-0.4, -0.2) is 0 Å². The van der Waals surface area contributed by atoms with Crippen molar-refractivity contribution in [3.63, 3.8) is 0 Å². The maximum absolute atomic E-state index is 3.49. The van der Waals surface area contributed by atoms with Crippen LogP contribution in [0.4, 0.5) is 0 Å². The van der Waals surface area contributed by atoms with Crippen LogP contribution >= 0.6 is 0 Å². The minimum Gasteiger partial charge on any atom is -0.243 e. The summed E-state index contributed by atoms with van der Waals surface area (Å²) in [5, 5.41) is 4.86. The molecule has 1 nitrogen and oxygen atoms in total. The fourth-order valence-corrected chi connectivity index (χ4v) is 3.14. The van der Waals surface area contributed by atoms with Crippen LogP contribution in [0.1, 0.15) is 5.56 Å². The van der Waals surface area contributed by atoms with E-state index < -0.39 is 0 Å². The van der Waals surface area contributed by atoms with E-state index in [1.807, 2.05) is 12.1 Å². The molecule has 1 aromatic heterocycles. The molecular formula is C21H16NW+. The summed E-state index contributed by atoms with van der Waals surface area (Å²) in [5.74, 6) is 0. The summed E-state index contributed by atoms with van der Waals surface area (Å²) in [7, 11) is 2.08. The molecule has 4 aromatic rings. The summed E-state index contributed by atoms with van der Waals surface area (Å²) >= 11 is 0. The molecule has 0 saturated heterocycles. The Morgan fingerprint density at radius 1 is 0.913 bits per heavy atom. The largest absolute Gasteiger partial charge is 2.00 e. The third-order valence-electron chi connectivity index (χ3n) is 4.30. The van der Waals surface area contributed by atoms with E-state index in [1.165, 1.54) is 27.4 Å². The molecule has 0 spiro atoms. The molecule has 3 aromatic carbocycles. The second-order valence-corrected chi connectivity index (χ2v) is 5.65. The molecule has 2 heteroatoms. The van der Waals surface area contributed by atoms with Gasteiger partial charge in [0.25, 0.3) is 0 Å². The summed E-state index contributed by atoms with van der Waals surface area (Å²) in [4.78, 5) is 0. The Balaban J connectivity index is 0.00000156. The monoisotopic (exact) mass is 466 g/mol. The third-order valence-corrected chi connectivity index (χ3v) is 4.30. The van der Waals surface area contributed by atoms with Crippen LogP contribution in [0.3, 0.4) is 0 Å². The van der Waals surface area contributed by atoms with Crippen molar-refractivity contribution in [2.75, 3.05) is 0 Å². The molecule has 1 heterocycles. The van der Waals surface area contributed by atoms with Gasteiger partial charge in [-0.25, -0.2) is 4.57 Å². The number of benzene rings is 3. The average molecular weight is 466 g/mol. The topological polar surface area (TPSA) is 3.88 Å². The molecule has 0 radical (unpaired) electrons. The van der Waals surface area contributed by atoms with Gasteiger partial charge in [-0.1, -0.05) is 58.3 Å². The molecule has 0 unspecified atom stereocenters. The average Bonchev–Trinajstić information content (AvgIpc) is 2.56. The summed E-state index contributed by atoms with van der Waals surface area (Å²) in [6.07, 6.45) is 2.11. The third kappa shape index (κ3) is 2.60. The van der Waals surface area contributed by atoms with Crippen molar-refractivity contribution in [2.45, 2.75) is 6.92 Å². The molecule has 0 amide bonds. The summed E-state index contributed by atoms with van der Waals surface area (Å²) in [6.45, 7) is 2.18. The second kappa shape index (κ2) is 6.26. The van der Waals surface area contributed by atoms with E-state index >= 15 is 0 Å². The van der Waals surface area contributed by atoms with Crippen molar-refractivity contribution in [1.29, 1.82) is 0 Å². The molecule has 0 aliphatic heterocycles. The van der Waals surface area contributed by atoms with Crippen LogP contribution in [0.25, 0.3) is 32.8 Å². The number of hydrogen-bond acceptors (Lipinski definition) is 0. The van der Waals surface area contributed by atoms with Gasteiger partial charge in [0, 0.05) is 0 Å². The first kappa shape index (κ1) is 15.9. The summed E-state index contributed by atoms with van der Waals surface area (Å²) in [6, 6.07) is 25.7. The van der Waals surface area contributed by atoms with E-state index in [0.717, 1.165) is 10.9 Å². The zero-order valence-corrected chi connectivity index (χ0v) is 16.1. The molecule has 0 atom stereocenters. The molecule has 23 heavy (non-hydrogen) atoms. The van der Waals surface area contributed by atoms with Crippen LogP contribution in [0, 0.1) is 19.1 Å². The van der Waals surface area contributed by atoms with Crippen LogP contribution in [-0.2, 0) is 28.1 Å². The number of rotatable bonds is 1. The van der Waals surface area contributed by atoms with Crippen molar-refractivity contribution in [1.82, 2.24) is 0 Å². The molecular weight excluding hydrogens is 450 g/mol. The van der Waals surface area contributed by atoms with E-state index in [4.69, 9.17) is 0 Å². The van der Waals surface area contributed by atoms with Crippen molar-refractivity contribution in [2.24, 2.45) is 7.05 Å². The molecule has 0 bridgehead atoms. The Hall–Kier alpha value is -1.98. The number of hydrogen-bond donors (Lipinski definition) is 0. The van der Waals surface area contributed by atoms with Gasteiger partial charge in [0.2, 0.25) is 0 Å². The quantitative estimate of drug-likeness (QED) is 0.290. The Morgan fingerprint density at radius 3 is 2.57 bits per heavy atom. The fraction of sp³-hybridized carbons (Fsp3) is 0.0952. The normalized spacial score (nSPS) is 10.7. The Labute approximate surface area is 150 Å². The van der Waals surface area contributed by atoms with Crippen LogP contribution in [0.15, 0.2) is 60.8 Å². The molecule has 0 aliphatic carbocycles. The van der Waals surface area contributed by atoms with Gasteiger partial charge in [-0.15, -0.1) is 42.0 Å². The first-order valence-corrected chi connectivity index (χ1v) is 7.45. The summed E-state index contributed by atoms with van der Waals surface area (Å²) in [5.41, 5.74) is 3.58. The van der Waals surface area contributed by atoms with E-state index in [2.05, 4.69) is 79.3 Å². The van der Waals surface area contributed by atoms with Gasteiger partial charge in [0.1, 0.15) is 12.7 Å². The number of nitrogens with zero attached hydrogens (tertiary/aromatic N) is 1. The maximum Gasteiger partial charge on any atom is 2.00 e. The standard InChI is InChI=1S/C21H16N.W/c1-15-18-9-5-3-7-16(18)11-12-19(15)21-20-10-6-4-8-17(20)13-14-22(21)2;/h3-9,11,13-14H,1-2H3;/q-1;+2. The first-order valence-electron chi connectivity index (χ1n) is 7.45. The first-order chi connectivity index (χ1) is 10.8. The molecule has 4 rings (SSSR count). The van der Waals surface area contributed by atoms with E-state index in [1.54, 1.807) is 0 Å².